The van der Waals surface area contributed by atoms with Crippen molar-refractivity contribution in [2.75, 3.05) is 0 Å². The van der Waals surface area contributed by atoms with E-state index in [-0.39, 0.29) is 28.6 Å². The van der Waals surface area contributed by atoms with Gasteiger partial charge in [0.05, 0.1) is 4.92 Å². The van der Waals surface area contributed by atoms with Gasteiger partial charge in [-0.15, -0.1) is 0 Å². The third-order valence-electron chi connectivity index (χ3n) is 6.68. The van der Waals surface area contributed by atoms with Crippen LogP contribution in [0.2, 0.25) is 0 Å². The van der Waals surface area contributed by atoms with Crippen molar-refractivity contribution in [3.05, 3.63) is 33.4 Å². The Bertz CT molecular complexity index is 699. The first-order valence-corrected chi connectivity index (χ1v) is 8.81. The molecule has 0 aliphatic heterocycles. The number of nitro groups is 1. The van der Waals surface area contributed by atoms with Crippen molar-refractivity contribution in [3.63, 3.8) is 0 Å². The first kappa shape index (κ1) is 16.9. The summed E-state index contributed by atoms with van der Waals surface area (Å²) < 4.78 is 0. The predicted molar refractivity (Wildman–Crippen MR) is 91.1 cm³/mol. The van der Waals surface area contributed by atoms with Gasteiger partial charge in [-0.05, 0) is 62.0 Å². The van der Waals surface area contributed by atoms with E-state index in [2.05, 4.69) is 13.8 Å². The van der Waals surface area contributed by atoms with Crippen LogP contribution in [0.1, 0.15) is 63.5 Å². The molecule has 0 radical (unpaired) electrons. The Morgan fingerprint density at radius 1 is 1.42 bits per heavy atom. The number of nitro benzene ring substituents is 1. The number of hydrogen-bond acceptors (Lipinski definition) is 4. The SMILES string of the molecule is CCC1C2CCc3c(ccc(O)c3[N+](=O)[O-])C2CCC1(C)C(C)=O. The molecule has 1 N–H and O–H groups in total. The highest BCUT2D eigenvalue weighted by Crippen LogP contribution is 2.57. The maximum Gasteiger partial charge on any atom is 0.314 e. The summed E-state index contributed by atoms with van der Waals surface area (Å²) in [5.74, 6) is 0.971. The largest absolute Gasteiger partial charge is 0.502 e. The monoisotopic (exact) mass is 331 g/mol. The Labute approximate surface area is 142 Å². The molecule has 3 rings (SSSR count). The minimum absolute atomic E-state index is 0.126. The van der Waals surface area contributed by atoms with Crippen molar-refractivity contribution in [3.8, 4) is 5.75 Å². The van der Waals surface area contributed by atoms with E-state index in [1.165, 1.54) is 6.07 Å². The molecule has 4 unspecified atom stereocenters. The smallest absolute Gasteiger partial charge is 0.314 e. The van der Waals surface area contributed by atoms with Crippen LogP contribution in [0.4, 0.5) is 5.69 Å². The Hall–Kier alpha value is -1.91. The number of aromatic hydroxyl groups is 1. The zero-order chi connectivity index (χ0) is 17.6. The van der Waals surface area contributed by atoms with Gasteiger partial charge in [0.1, 0.15) is 5.78 Å². The molecule has 1 aromatic rings. The number of Topliss-reactive ketones (excluding diaryl/α,β-unsaturated/α-hetero) is 1. The fraction of sp³-hybridized carbons (Fsp3) is 0.632. The van der Waals surface area contributed by atoms with Crippen LogP contribution in [0.15, 0.2) is 12.1 Å². The number of nitrogens with zero attached hydrogens (tertiary/aromatic N) is 1. The van der Waals surface area contributed by atoms with Gasteiger partial charge >= 0.3 is 5.69 Å². The van der Waals surface area contributed by atoms with Gasteiger partial charge < -0.3 is 5.11 Å². The first-order valence-electron chi connectivity index (χ1n) is 8.81. The Balaban J connectivity index is 2.05. The van der Waals surface area contributed by atoms with Crippen LogP contribution in [0.3, 0.4) is 0 Å². The number of phenols is 1. The van der Waals surface area contributed by atoms with Crippen LogP contribution in [0, 0.1) is 27.4 Å². The summed E-state index contributed by atoms with van der Waals surface area (Å²) in [5, 5.41) is 21.3. The molecule has 2 aliphatic rings. The van der Waals surface area contributed by atoms with Crippen molar-refractivity contribution in [2.45, 2.75) is 58.8 Å². The molecule has 5 heteroatoms. The van der Waals surface area contributed by atoms with Crippen molar-refractivity contribution in [1.29, 1.82) is 0 Å². The molecule has 0 saturated heterocycles. The Kier molecular flexibility index (Phi) is 4.14. The van der Waals surface area contributed by atoms with E-state index in [0.29, 0.717) is 23.8 Å². The maximum atomic E-state index is 12.3. The van der Waals surface area contributed by atoms with Crippen LogP contribution in [0.25, 0.3) is 0 Å². The van der Waals surface area contributed by atoms with Crippen LogP contribution in [-0.2, 0) is 11.2 Å². The van der Waals surface area contributed by atoms with Gasteiger partial charge in [0, 0.05) is 11.0 Å². The van der Waals surface area contributed by atoms with Crippen LogP contribution in [-0.4, -0.2) is 15.8 Å². The van der Waals surface area contributed by atoms with Crippen molar-refractivity contribution in [1.82, 2.24) is 0 Å². The summed E-state index contributed by atoms with van der Waals surface area (Å²) in [6.45, 7) is 5.93. The summed E-state index contributed by atoms with van der Waals surface area (Å²) in [7, 11) is 0. The standard InChI is InChI=1S/C19H25NO4/c1-4-16-14-5-6-15-12(7-8-17(22)18(15)20(23)24)13(14)9-10-19(16,3)11(2)21/h7-8,13-14,16,22H,4-6,9-10H2,1-3H3. The molecular weight excluding hydrogens is 306 g/mol. The molecule has 1 saturated carbocycles. The molecule has 5 nitrogen and oxygen atoms in total. The van der Waals surface area contributed by atoms with Gasteiger partial charge in [0.15, 0.2) is 5.75 Å². The molecule has 2 aliphatic carbocycles. The van der Waals surface area contributed by atoms with Crippen molar-refractivity contribution < 1.29 is 14.8 Å². The van der Waals surface area contributed by atoms with Gasteiger partial charge in [-0.1, -0.05) is 26.3 Å². The number of rotatable bonds is 3. The highest BCUT2D eigenvalue weighted by atomic mass is 16.6. The number of ketones is 1. The highest BCUT2D eigenvalue weighted by molar-refractivity contribution is 5.82. The van der Waals surface area contributed by atoms with E-state index in [0.717, 1.165) is 31.2 Å². The number of fused-ring (bicyclic) bond motifs is 3. The third-order valence-corrected chi connectivity index (χ3v) is 6.68. The molecule has 0 spiro atoms. The highest BCUT2D eigenvalue weighted by Gasteiger charge is 2.50. The van der Waals surface area contributed by atoms with Gasteiger partial charge in [-0.3, -0.25) is 14.9 Å². The second kappa shape index (κ2) is 5.87. The predicted octanol–water partition coefficient (Wildman–Crippen LogP) is 4.36. The fourth-order valence-corrected chi connectivity index (χ4v) is 5.35. The average molecular weight is 331 g/mol. The minimum Gasteiger partial charge on any atom is -0.502 e. The van der Waals surface area contributed by atoms with Crippen LogP contribution in [0.5, 0.6) is 5.75 Å². The van der Waals surface area contributed by atoms with Crippen LogP contribution < -0.4 is 0 Å². The zero-order valence-corrected chi connectivity index (χ0v) is 14.5. The second-order valence-corrected chi connectivity index (χ2v) is 7.59. The number of benzene rings is 1. The third kappa shape index (κ3) is 2.33. The quantitative estimate of drug-likeness (QED) is 0.659. The normalized spacial score (nSPS) is 31.9. The average Bonchev–Trinajstić information content (AvgIpc) is 2.53. The lowest BCUT2D eigenvalue weighted by Crippen LogP contribution is -2.46. The fourth-order valence-electron chi connectivity index (χ4n) is 5.35. The van der Waals surface area contributed by atoms with Gasteiger partial charge in [0.2, 0.25) is 0 Å². The van der Waals surface area contributed by atoms with E-state index in [1.54, 1.807) is 6.92 Å². The summed E-state index contributed by atoms with van der Waals surface area (Å²) in [5.41, 5.74) is 1.30. The topological polar surface area (TPSA) is 80.4 Å². The molecule has 1 fully saturated rings. The van der Waals surface area contributed by atoms with Crippen molar-refractivity contribution in [2.24, 2.45) is 17.3 Å². The lowest BCUT2D eigenvalue weighted by Gasteiger charge is -2.50. The summed E-state index contributed by atoms with van der Waals surface area (Å²) in [4.78, 5) is 23.2. The summed E-state index contributed by atoms with van der Waals surface area (Å²) >= 11 is 0. The minimum atomic E-state index is -0.464. The first-order chi connectivity index (χ1) is 11.3. The summed E-state index contributed by atoms with van der Waals surface area (Å²) in [6.07, 6.45) is 4.12. The van der Waals surface area contributed by atoms with E-state index >= 15 is 0 Å². The molecule has 24 heavy (non-hydrogen) atoms. The van der Waals surface area contributed by atoms with Gasteiger partial charge in [-0.25, -0.2) is 0 Å². The molecule has 0 aromatic heterocycles. The summed E-state index contributed by atoms with van der Waals surface area (Å²) in [6, 6.07) is 3.32. The van der Waals surface area contributed by atoms with Gasteiger partial charge in [0.25, 0.3) is 0 Å². The van der Waals surface area contributed by atoms with Crippen molar-refractivity contribution >= 4 is 11.5 Å². The zero-order valence-electron chi connectivity index (χ0n) is 14.5. The maximum absolute atomic E-state index is 12.3. The van der Waals surface area contributed by atoms with Gasteiger partial charge in [-0.2, -0.15) is 0 Å². The molecule has 130 valence electrons. The number of carbonyl (C=O) groups excluding carboxylic acids is 1. The van der Waals surface area contributed by atoms with E-state index in [9.17, 15) is 20.0 Å². The van der Waals surface area contributed by atoms with E-state index in [4.69, 9.17) is 0 Å². The molecule has 1 aromatic carbocycles. The molecule has 4 atom stereocenters. The second-order valence-electron chi connectivity index (χ2n) is 7.59. The van der Waals surface area contributed by atoms with E-state index in [1.807, 2.05) is 6.07 Å². The Morgan fingerprint density at radius 3 is 2.71 bits per heavy atom. The molecule has 0 bridgehead atoms. The van der Waals surface area contributed by atoms with E-state index < -0.39 is 4.92 Å². The number of phenolic OH excluding ortho intramolecular Hbond substituents is 1. The molecule has 0 heterocycles. The van der Waals surface area contributed by atoms with Crippen LogP contribution >= 0.6 is 0 Å². The molecular formula is C19H25NO4. The number of hydrogen-bond donors (Lipinski definition) is 1. The Morgan fingerprint density at radius 2 is 2.12 bits per heavy atom. The lowest BCUT2D eigenvalue weighted by molar-refractivity contribution is -0.386. The molecule has 0 amide bonds. The number of carbonyl (C=O) groups is 1. The lowest BCUT2D eigenvalue weighted by atomic mass is 9.53.